The topological polar surface area (TPSA) is 61.6 Å². The van der Waals surface area contributed by atoms with Gasteiger partial charge in [0.25, 0.3) is 0 Å². The molecule has 0 saturated heterocycles. The van der Waals surface area contributed by atoms with Crippen LogP contribution in [0.15, 0.2) is 28.9 Å². The first kappa shape index (κ1) is 13.4. The van der Waals surface area contributed by atoms with Crippen LogP contribution in [0, 0.1) is 17.1 Å². The highest BCUT2D eigenvalue weighted by atomic mass is 79.9. The fraction of sp³-hybridized carbons (Fsp3) is 0.154. The van der Waals surface area contributed by atoms with E-state index in [9.17, 15) is 4.39 Å². The van der Waals surface area contributed by atoms with E-state index >= 15 is 0 Å². The minimum Gasteiger partial charge on any atom is -0.339 e. The van der Waals surface area contributed by atoms with E-state index in [0.717, 1.165) is 0 Å². The Balaban J connectivity index is 2.39. The monoisotopic (exact) mass is 320 g/mol. The lowest BCUT2D eigenvalue weighted by molar-refractivity contribution is 0.624. The molecule has 0 aliphatic rings. The van der Waals surface area contributed by atoms with Crippen LogP contribution in [0.1, 0.15) is 18.3 Å². The van der Waals surface area contributed by atoms with E-state index in [0.29, 0.717) is 28.4 Å². The van der Waals surface area contributed by atoms with Crippen molar-refractivity contribution in [2.75, 3.05) is 5.32 Å². The number of anilines is 2. The van der Waals surface area contributed by atoms with Crippen LogP contribution >= 0.6 is 15.9 Å². The van der Waals surface area contributed by atoms with Crippen molar-refractivity contribution in [1.82, 2.24) is 9.97 Å². The van der Waals surface area contributed by atoms with E-state index in [1.165, 1.54) is 12.1 Å². The van der Waals surface area contributed by atoms with E-state index in [1.807, 2.05) is 13.0 Å². The number of nitrogens with zero attached hydrogens (tertiary/aromatic N) is 3. The van der Waals surface area contributed by atoms with Gasteiger partial charge < -0.3 is 5.32 Å². The Morgan fingerprint density at radius 2 is 2.21 bits per heavy atom. The number of nitrogens with one attached hydrogen (secondary N) is 1. The second-order valence-corrected chi connectivity index (χ2v) is 4.56. The molecule has 0 atom stereocenters. The molecule has 0 spiro atoms. The van der Waals surface area contributed by atoms with Gasteiger partial charge in [-0.25, -0.2) is 14.4 Å². The van der Waals surface area contributed by atoms with Crippen LogP contribution in [0.5, 0.6) is 0 Å². The Bertz CT molecular complexity index is 652. The van der Waals surface area contributed by atoms with E-state index in [4.69, 9.17) is 5.26 Å². The molecule has 0 unspecified atom stereocenters. The predicted octanol–water partition coefficient (Wildman–Crippen LogP) is 3.56. The van der Waals surface area contributed by atoms with Crippen molar-refractivity contribution in [1.29, 1.82) is 5.26 Å². The van der Waals surface area contributed by atoms with Gasteiger partial charge in [-0.05, 0) is 28.1 Å². The first-order valence-electron chi connectivity index (χ1n) is 5.63. The van der Waals surface area contributed by atoms with Crippen molar-refractivity contribution in [3.63, 3.8) is 0 Å². The van der Waals surface area contributed by atoms with Gasteiger partial charge in [-0.2, -0.15) is 5.26 Å². The Morgan fingerprint density at radius 1 is 1.42 bits per heavy atom. The summed E-state index contributed by atoms with van der Waals surface area (Å²) in [4.78, 5) is 8.45. The molecule has 19 heavy (non-hydrogen) atoms. The minimum absolute atomic E-state index is 0.0321. The van der Waals surface area contributed by atoms with Crippen LogP contribution < -0.4 is 5.32 Å². The van der Waals surface area contributed by atoms with E-state index < -0.39 is 5.82 Å². The first-order chi connectivity index (χ1) is 9.13. The summed E-state index contributed by atoms with van der Waals surface area (Å²) in [6.45, 7) is 1.94. The van der Waals surface area contributed by atoms with E-state index in [-0.39, 0.29) is 5.56 Å². The molecule has 0 radical (unpaired) electrons. The molecular formula is C13H10BrFN4. The van der Waals surface area contributed by atoms with Gasteiger partial charge in [0, 0.05) is 12.5 Å². The fourth-order valence-corrected chi connectivity index (χ4v) is 1.99. The molecule has 1 N–H and O–H groups in total. The summed E-state index contributed by atoms with van der Waals surface area (Å²) < 4.78 is 14.1. The number of nitriles is 1. The SMILES string of the molecule is CCc1nc(Br)cc(Nc2cccc(F)c2C#N)n1. The number of aromatic nitrogens is 2. The van der Waals surface area contributed by atoms with Crippen molar-refractivity contribution in [3.8, 4) is 6.07 Å². The van der Waals surface area contributed by atoms with Crippen molar-refractivity contribution < 1.29 is 4.39 Å². The third-order valence-corrected chi connectivity index (χ3v) is 2.85. The zero-order valence-electron chi connectivity index (χ0n) is 10.1. The number of hydrogen-bond acceptors (Lipinski definition) is 4. The zero-order valence-corrected chi connectivity index (χ0v) is 11.7. The first-order valence-corrected chi connectivity index (χ1v) is 6.42. The van der Waals surface area contributed by atoms with Crippen LogP contribution in [0.25, 0.3) is 0 Å². The Kier molecular flexibility index (Phi) is 4.07. The second-order valence-electron chi connectivity index (χ2n) is 3.74. The van der Waals surface area contributed by atoms with Gasteiger partial charge in [-0.3, -0.25) is 0 Å². The van der Waals surface area contributed by atoms with Gasteiger partial charge in [0.2, 0.25) is 0 Å². The van der Waals surface area contributed by atoms with E-state index in [1.54, 1.807) is 12.1 Å². The maximum atomic E-state index is 13.5. The van der Waals surface area contributed by atoms with Crippen LogP contribution in [-0.2, 0) is 6.42 Å². The molecule has 1 aromatic heterocycles. The van der Waals surface area contributed by atoms with E-state index in [2.05, 4.69) is 31.2 Å². The largest absolute Gasteiger partial charge is 0.339 e. The zero-order chi connectivity index (χ0) is 13.8. The highest BCUT2D eigenvalue weighted by Crippen LogP contribution is 2.23. The van der Waals surface area contributed by atoms with Gasteiger partial charge in [0.15, 0.2) is 0 Å². The molecule has 1 aromatic carbocycles. The summed E-state index contributed by atoms with van der Waals surface area (Å²) in [5.74, 6) is 0.615. The molecular weight excluding hydrogens is 311 g/mol. The quantitative estimate of drug-likeness (QED) is 0.878. The van der Waals surface area contributed by atoms with Crippen LogP contribution in [-0.4, -0.2) is 9.97 Å². The average Bonchev–Trinajstić information content (AvgIpc) is 2.38. The van der Waals surface area contributed by atoms with Gasteiger partial charge in [-0.15, -0.1) is 0 Å². The molecule has 0 saturated carbocycles. The Morgan fingerprint density at radius 3 is 2.89 bits per heavy atom. The van der Waals surface area contributed by atoms with Crippen LogP contribution in [0.4, 0.5) is 15.9 Å². The fourth-order valence-electron chi connectivity index (χ4n) is 1.57. The van der Waals surface area contributed by atoms with Gasteiger partial charge in [0.1, 0.15) is 33.7 Å². The maximum absolute atomic E-state index is 13.5. The number of hydrogen-bond donors (Lipinski definition) is 1. The Labute approximate surface area is 118 Å². The van der Waals surface area contributed by atoms with Gasteiger partial charge in [-0.1, -0.05) is 13.0 Å². The summed E-state index contributed by atoms with van der Waals surface area (Å²) in [5.41, 5.74) is 0.352. The number of halogens is 2. The molecule has 0 aliphatic heterocycles. The van der Waals surface area contributed by atoms with Crippen molar-refractivity contribution in [2.45, 2.75) is 13.3 Å². The summed E-state index contributed by atoms with van der Waals surface area (Å²) in [6.07, 6.45) is 0.683. The lowest BCUT2D eigenvalue weighted by Crippen LogP contribution is -2.01. The van der Waals surface area contributed by atoms with Crippen molar-refractivity contribution >= 4 is 27.4 Å². The standard InChI is InChI=1S/C13H10BrFN4/c1-2-12-18-11(14)6-13(19-12)17-10-5-3-4-9(15)8(10)7-16/h3-6H,2H2,1H3,(H,17,18,19). The van der Waals surface area contributed by atoms with Gasteiger partial charge >= 0.3 is 0 Å². The van der Waals surface area contributed by atoms with Crippen molar-refractivity contribution in [2.24, 2.45) is 0 Å². The molecule has 0 aliphatic carbocycles. The lowest BCUT2D eigenvalue weighted by atomic mass is 10.2. The molecule has 4 nitrogen and oxygen atoms in total. The second kappa shape index (κ2) is 5.76. The summed E-state index contributed by atoms with van der Waals surface area (Å²) in [5, 5.41) is 11.9. The molecule has 0 bridgehead atoms. The smallest absolute Gasteiger partial charge is 0.143 e. The molecule has 1 heterocycles. The molecule has 0 fully saturated rings. The van der Waals surface area contributed by atoms with Crippen molar-refractivity contribution in [3.05, 3.63) is 46.1 Å². The van der Waals surface area contributed by atoms with Crippen LogP contribution in [0.2, 0.25) is 0 Å². The highest BCUT2D eigenvalue weighted by Gasteiger charge is 2.09. The maximum Gasteiger partial charge on any atom is 0.143 e. The lowest BCUT2D eigenvalue weighted by Gasteiger charge is -2.09. The Hall–Kier alpha value is -2.00. The molecule has 2 rings (SSSR count). The third kappa shape index (κ3) is 3.06. The summed E-state index contributed by atoms with van der Waals surface area (Å²) in [6, 6.07) is 7.92. The number of benzene rings is 1. The molecule has 0 amide bonds. The minimum atomic E-state index is -0.559. The molecule has 96 valence electrons. The summed E-state index contributed by atoms with van der Waals surface area (Å²) in [7, 11) is 0. The normalized spacial score (nSPS) is 10.0. The molecule has 2 aromatic rings. The highest BCUT2D eigenvalue weighted by molar-refractivity contribution is 9.10. The third-order valence-electron chi connectivity index (χ3n) is 2.45. The van der Waals surface area contributed by atoms with Crippen LogP contribution in [0.3, 0.4) is 0 Å². The molecule has 6 heteroatoms. The number of rotatable bonds is 3. The predicted molar refractivity (Wildman–Crippen MR) is 73.5 cm³/mol. The van der Waals surface area contributed by atoms with Gasteiger partial charge in [0.05, 0.1) is 5.69 Å². The summed E-state index contributed by atoms with van der Waals surface area (Å²) >= 11 is 3.29. The number of aryl methyl sites for hydroxylation is 1. The average molecular weight is 321 g/mol.